The molecule has 0 saturated heterocycles. The van der Waals surface area contributed by atoms with Crippen molar-refractivity contribution in [1.82, 2.24) is 0 Å². The number of sulfone groups is 1. The average Bonchev–Trinajstić information content (AvgIpc) is 2.85. The Hall–Kier alpha value is -0.140. The van der Waals surface area contributed by atoms with Crippen LogP contribution in [0.1, 0.15) is 26.7 Å². The van der Waals surface area contributed by atoms with Gasteiger partial charge < -0.3 is 0 Å². The number of hydrogen-bond acceptors (Lipinski definition) is 5. The highest BCUT2D eigenvalue weighted by Crippen LogP contribution is 2.46. The number of hydrogen-bond donors (Lipinski definition) is 0. The third-order valence-electron chi connectivity index (χ3n) is 2.24. The first-order valence-electron chi connectivity index (χ1n) is 4.44. The molecule has 14 heavy (non-hydrogen) atoms. The Bertz CT molecular complexity index is 401. The maximum absolute atomic E-state index is 11.5. The standard InChI is InChI=1S/C7H14O5S2/c1-3-13(8,9)7(5-6-7)12-14(10,11)4-2/h3-6H2,1-2H3. The fourth-order valence-electron chi connectivity index (χ4n) is 1.10. The Labute approximate surface area is 84.5 Å². The van der Waals surface area contributed by atoms with Crippen LogP contribution in [0.25, 0.3) is 0 Å². The Morgan fingerprint density at radius 2 is 1.57 bits per heavy atom. The van der Waals surface area contributed by atoms with Crippen molar-refractivity contribution in [2.75, 3.05) is 11.5 Å². The highest BCUT2D eigenvalue weighted by Gasteiger charge is 2.57. The van der Waals surface area contributed by atoms with E-state index in [4.69, 9.17) is 4.18 Å². The Kier molecular flexibility index (Phi) is 2.95. The molecule has 0 atom stereocenters. The first-order chi connectivity index (χ1) is 6.29. The molecule has 0 spiro atoms. The molecule has 0 heterocycles. The molecule has 84 valence electrons. The summed E-state index contributed by atoms with van der Waals surface area (Å²) in [4.78, 5) is -1.43. The molecule has 0 radical (unpaired) electrons. The van der Waals surface area contributed by atoms with Crippen molar-refractivity contribution >= 4 is 20.0 Å². The van der Waals surface area contributed by atoms with Gasteiger partial charge in [0.05, 0.1) is 11.5 Å². The van der Waals surface area contributed by atoms with E-state index in [9.17, 15) is 16.8 Å². The van der Waals surface area contributed by atoms with Crippen molar-refractivity contribution < 1.29 is 21.0 Å². The Morgan fingerprint density at radius 3 is 1.86 bits per heavy atom. The molecular weight excluding hydrogens is 228 g/mol. The smallest absolute Gasteiger partial charge is 0.247 e. The van der Waals surface area contributed by atoms with Crippen molar-refractivity contribution in [2.24, 2.45) is 0 Å². The lowest BCUT2D eigenvalue weighted by atomic mass is 10.8. The SMILES string of the molecule is CCS(=O)(=O)OC1(S(=O)(=O)CC)CC1. The van der Waals surface area contributed by atoms with Gasteiger partial charge in [0.2, 0.25) is 0 Å². The monoisotopic (exact) mass is 242 g/mol. The van der Waals surface area contributed by atoms with Crippen LogP contribution in [0.2, 0.25) is 0 Å². The summed E-state index contributed by atoms with van der Waals surface area (Å²) in [6.07, 6.45) is 0.560. The van der Waals surface area contributed by atoms with Gasteiger partial charge in [0, 0.05) is 0 Å². The molecule has 0 amide bonds. The van der Waals surface area contributed by atoms with Crippen molar-refractivity contribution in [3.63, 3.8) is 0 Å². The number of rotatable bonds is 5. The zero-order chi connectivity index (χ0) is 11.0. The van der Waals surface area contributed by atoms with E-state index in [0.717, 1.165) is 0 Å². The first kappa shape index (κ1) is 11.9. The van der Waals surface area contributed by atoms with Gasteiger partial charge in [-0.2, -0.15) is 8.42 Å². The molecule has 0 aliphatic heterocycles. The van der Waals surface area contributed by atoms with E-state index in [-0.39, 0.29) is 24.3 Å². The van der Waals surface area contributed by atoms with Gasteiger partial charge in [0.1, 0.15) is 0 Å². The molecule has 0 N–H and O–H groups in total. The van der Waals surface area contributed by atoms with E-state index in [1.54, 1.807) is 0 Å². The molecule has 0 bridgehead atoms. The molecule has 0 aromatic heterocycles. The van der Waals surface area contributed by atoms with E-state index in [2.05, 4.69) is 0 Å². The van der Waals surface area contributed by atoms with Crippen molar-refractivity contribution in [3.8, 4) is 0 Å². The van der Waals surface area contributed by atoms with Crippen LogP contribution in [0.5, 0.6) is 0 Å². The van der Waals surface area contributed by atoms with Gasteiger partial charge in [-0.25, -0.2) is 12.6 Å². The fourth-order valence-corrected chi connectivity index (χ4v) is 3.82. The van der Waals surface area contributed by atoms with Gasteiger partial charge in [-0.1, -0.05) is 6.92 Å². The predicted molar refractivity (Wildman–Crippen MR) is 52.0 cm³/mol. The lowest BCUT2D eigenvalue weighted by Crippen LogP contribution is -2.31. The van der Waals surface area contributed by atoms with E-state index >= 15 is 0 Å². The molecule has 0 unspecified atom stereocenters. The highest BCUT2D eigenvalue weighted by molar-refractivity contribution is 7.94. The van der Waals surface area contributed by atoms with Crippen LogP contribution in [0.3, 0.4) is 0 Å². The van der Waals surface area contributed by atoms with E-state index < -0.39 is 24.9 Å². The molecule has 1 rings (SSSR count). The quantitative estimate of drug-likeness (QED) is 0.647. The zero-order valence-corrected chi connectivity index (χ0v) is 9.82. The minimum atomic E-state index is -3.69. The summed E-state index contributed by atoms with van der Waals surface area (Å²) in [6.45, 7) is 2.90. The van der Waals surface area contributed by atoms with Crippen LogP contribution in [0, 0.1) is 0 Å². The van der Waals surface area contributed by atoms with Gasteiger partial charge in [-0.05, 0) is 19.8 Å². The summed E-state index contributed by atoms with van der Waals surface area (Å²) in [5.41, 5.74) is 0. The third kappa shape index (κ3) is 2.09. The van der Waals surface area contributed by atoms with Gasteiger partial charge in [0.25, 0.3) is 10.1 Å². The largest absolute Gasteiger partial charge is 0.268 e. The maximum atomic E-state index is 11.5. The van der Waals surface area contributed by atoms with E-state index in [0.29, 0.717) is 0 Å². The summed E-state index contributed by atoms with van der Waals surface area (Å²) >= 11 is 0. The minimum Gasteiger partial charge on any atom is -0.247 e. The summed E-state index contributed by atoms with van der Waals surface area (Å²) in [7, 11) is -7.12. The second-order valence-electron chi connectivity index (χ2n) is 3.24. The van der Waals surface area contributed by atoms with E-state index in [1.165, 1.54) is 13.8 Å². The Morgan fingerprint density at radius 1 is 1.07 bits per heavy atom. The van der Waals surface area contributed by atoms with E-state index in [1.807, 2.05) is 0 Å². The predicted octanol–water partition coefficient (Wildman–Crippen LogP) is 0.277. The molecule has 5 nitrogen and oxygen atoms in total. The van der Waals surface area contributed by atoms with Crippen LogP contribution in [-0.2, 0) is 24.1 Å². The Balaban J connectivity index is 2.91. The second-order valence-corrected chi connectivity index (χ2v) is 7.65. The van der Waals surface area contributed by atoms with Crippen LogP contribution >= 0.6 is 0 Å². The molecule has 1 fully saturated rings. The van der Waals surface area contributed by atoms with Crippen LogP contribution in [-0.4, -0.2) is 33.3 Å². The minimum absolute atomic E-state index is 0.0910. The topological polar surface area (TPSA) is 77.5 Å². The van der Waals surface area contributed by atoms with Crippen molar-refractivity contribution in [3.05, 3.63) is 0 Å². The van der Waals surface area contributed by atoms with Crippen molar-refractivity contribution in [1.29, 1.82) is 0 Å². The molecule has 0 aromatic rings. The van der Waals surface area contributed by atoms with Gasteiger partial charge in [-0.3, -0.25) is 0 Å². The van der Waals surface area contributed by atoms with Gasteiger partial charge >= 0.3 is 0 Å². The molecule has 1 saturated carbocycles. The normalized spacial score (nSPS) is 20.7. The highest BCUT2D eigenvalue weighted by atomic mass is 32.2. The lowest BCUT2D eigenvalue weighted by Gasteiger charge is -2.14. The molecule has 1 aliphatic rings. The zero-order valence-electron chi connectivity index (χ0n) is 8.19. The third-order valence-corrected chi connectivity index (χ3v) is 6.01. The second kappa shape index (κ2) is 3.46. The van der Waals surface area contributed by atoms with Gasteiger partial charge in [0.15, 0.2) is 14.8 Å². The fraction of sp³-hybridized carbons (Fsp3) is 1.00. The van der Waals surface area contributed by atoms with Gasteiger partial charge in [-0.15, -0.1) is 0 Å². The first-order valence-corrected chi connectivity index (χ1v) is 7.67. The lowest BCUT2D eigenvalue weighted by molar-refractivity contribution is 0.262. The summed E-state index contributed by atoms with van der Waals surface area (Å²) < 4.78 is 50.0. The van der Waals surface area contributed by atoms with Crippen LogP contribution < -0.4 is 0 Å². The average molecular weight is 242 g/mol. The molecule has 0 aromatic carbocycles. The van der Waals surface area contributed by atoms with Crippen molar-refractivity contribution in [2.45, 2.75) is 31.6 Å². The summed E-state index contributed by atoms with van der Waals surface area (Å²) in [5.74, 6) is -0.291. The summed E-state index contributed by atoms with van der Waals surface area (Å²) in [5, 5.41) is 0. The molecular formula is C7H14O5S2. The maximum Gasteiger partial charge on any atom is 0.268 e. The molecule has 1 aliphatic carbocycles. The summed E-state index contributed by atoms with van der Waals surface area (Å²) in [6, 6.07) is 0. The van der Waals surface area contributed by atoms with Crippen LogP contribution in [0.4, 0.5) is 0 Å². The molecule has 7 heteroatoms. The van der Waals surface area contributed by atoms with Crippen LogP contribution in [0.15, 0.2) is 0 Å².